The number of benzene rings is 1. The second kappa shape index (κ2) is 9.24. The lowest BCUT2D eigenvalue weighted by Gasteiger charge is -2.08. The molecular formula is C16H18ClN3O4S. The highest BCUT2D eigenvalue weighted by Crippen LogP contribution is 2.34. The number of aromatic nitrogens is 1. The summed E-state index contributed by atoms with van der Waals surface area (Å²) in [5.74, 6) is -0.121. The van der Waals surface area contributed by atoms with E-state index in [-0.39, 0.29) is 23.2 Å². The molecule has 0 radical (unpaired) electrons. The Balaban J connectivity index is 1.99. The Morgan fingerprint density at radius 3 is 2.96 bits per heavy atom. The fourth-order valence-corrected chi connectivity index (χ4v) is 2.77. The van der Waals surface area contributed by atoms with E-state index in [1.807, 2.05) is 6.92 Å². The average Bonchev–Trinajstić information content (AvgIpc) is 2.99. The molecule has 0 unspecified atom stereocenters. The molecule has 134 valence electrons. The van der Waals surface area contributed by atoms with E-state index in [2.05, 4.69) is 15.5 Å². The van der Waals surface area contributed by atoms with Gasteiger partial charge in [0.2, 0.25) is 5.13 Å². The summed E-state index contributed by atoms with van der Waals surface area (Å²) in [6, 6.07) is 3.20. The quantitative estimate of drug-likeness (QED) is 0.412. The summed E-state index contributed by atoms with van der Waals surface area (Å²) < 4.78 is 10.2. The maximum atomic E-state index is 11.4. The number of phenolic OH excluding ortho intramolecular Hbond substituents is 1. The van der Waals surface area contributed by atoms with E-state index in [1.165, 1.54) is 17.6 Å². The number of nitrogens with one attached hydrogen (secondary N) is 1. The Hall–Kier alpha value is -2.32. The summed E-state index contributed by atoms with van der Waals surface area (Å²) in [6.07, 6.45) is 1.65. The number of rotatable bonds is 8. The molecule has 2 aromatic rings. The summed E-state index contributed by atoms with van der Waals surface area (Å²) in [6.45, 7) is 4.32. The molecule has 9 heteroatoms. The first-order valence-electron chi connectivity index (χ1n) is 7.57. The molecule has 0 spiro atoms. The zero-order valence-electron chi connectivity index (χ0n) is 13.8. The second-order valence-electron chi connectivity index (χ2n) is 4.78. The fraction of sp³-hybridized carbons (Fsp3) is 0.312. The van der Waals surface area contributed by atoms with Crippen LogP contribution < -0.4 is 10.2 Å². The molecule has 1 aromatic carbocycles. The van der Waals surface area contributed by atoms with Crippen molar-refractivity contribution in [1.29, 1.82) is 0 Å². The van der Waals surface area contributed by atoms with Crippen molar-refractivity contribution in [3.8, 4) is 11.5 Å². The number of nitrogens with zero attached hydrogens (tertiary/aromatic N) is 2. The Morgan fingerprint density at radius 1 is 1.44 bits per heavy atom. The van der Waals surface area contributed by atoms with Gasteiger partial charge >= 0.3 is 5.97 Å². The maximum Gasteiger partial charge on any atom is 0.311 e. The molecule has 0 aliphatic rings. The van der Waals surface area contributed by atoms with E-state index >= 15 is 0 Å². The van der Waals surface area contributed by atoms with Crippen LogP contribution in [-0.4, -0.2) is 35.5 Å². The predicted octanol–water partition coefficient (Wildman–Crippen LogP) is 3.45. The molecule has 2 N–H and O–H groups in total. The van der Waals surface area contributed by atoms with Crippen LogP contribution in [0.1, 0.15) is 25.1 Å². The van der Waals surface area contributed by atoms with Gasteiger partial charge in [-0.25, -0.2) is 4.98 Å². The molecular weight excluding hydrogens is 366 g/mol. The van der Waals surface area contributed by atoms with Gasteiger partial charge < -0.3 is 14.6 Å². The van der Waals surface area contributed by atoms with E-state index in [0.29, 0.717) is 35.4 Å². The topological polar surface area (TPSA) is 93.0 Å². The number of hydrogen-bond donors (Lipinski definition) is 2. The SMILES string of the molecule is CCOC(=O)Cc1csc(N/N=C\c2cc(Cl)c(O)c(OCC)c2)n1. The monoisotopic (exact) mass is 383 g/mol. The van der Waals surface area contributed by atoms with Crippen molar-refractivity contribution in [1.82, 2.24) is 4.98 Å². The van der Waals surface area contributed by atoms with Gasteiger partial charge in [-0.05, 0) is 31.5 Å². The highest BCUT2D eigenvalue weighted by Gasteiger charge is 2.09. The number of carbonyl (C=O) groups excluding carboxylic acids is 1. The minimum Gasteiger partial charge on any atom is -0.503 e. The van der Waals surface area contributed by atoms with E-state index in [0.717, 1.165) is 0 Å². The van der Waals surface area contributed by atoms with Crippen LogP contribution in [0.15, 0.2) is 22.6 Å². The van der Waals surface area contributed by atoms with Crippen LogP contribution >= 0.6 is 22.9 Å². The standard InChI is InChI=1S/C16H18ClN3O4S/c1-3-23-13-6-10(5-12(17)15(13)22)8-18-20-16-19-11(9-25-16)7-14(21)24-4-2/h5-6,8-9,22H,3-4,7H2,1-2H3,(H,19,20)/b18-8-. The molecule has 25 heavy (non-hydrogen) atoms. The molecule has 7 nitrogen and oxygen atoms in total. The predicted molar refractivity (Wildman–Crippen MR) is 98.0 cm³/mol. The van der Waals surface area contributed by atoms with Gasteiger partial charge in [0.05, 0.1) is 36.6 Å². The Kier molecular flexibility index (Phi) is 7.03. The lowest BCUT2D eigenvalue weighted by Crippen LogP contribution is -2.07. The molecule has 0 saturated heterocycles. The lowest BCUT2D eigenvalue weighted by atomic mass is 10.2. The number of ether oxygens (including phenoxy) is 2. The van der Waals surface area contributed by atoms with Crippen molar-refractivity contribution < 1.29 is 19.4 Å². The minimum absolute atomic E-state index is 0.0999. The number of phenols is 1. The van der Waals surface area contributed by atoms with Gasteiger partial charge in [-0.15, -0.1) is 11.3 Å². The third-order valence-corrected chi connectivity index (χ3v) is 3.99. The van der Waals surface area contributed by atoms with Crippen molar-refractivity contribution in [2.24, 2.45) is 5.10 Å². The molecule has 0 bridgehead atoms. The number of esters is 1. The van der Waals surface area contributed by atoms with Gasteiger partial charge in [-0.2, -0.15) is 5.10 Å². The summed E-state index contributed by atoms with van der Waals surface area (Å²) in [4.78, 5) is 15.7. The number of aromatic hydroxyl groups is 1. The smallest absolute Gasteiger partial charge is 0.311 e. The Morgan fingerprint density at radius 2 is 2.24 bits per heavy atom. The van der Waals surface area contributed by atoms with E-state index in [1.54, 1.807) is 24.4 Å². The molecule has 1 heterocycles. The summed E-state index contributed by atoms with van der Waals surface area (Å²) in [5, 5.41) is 16.4. The first kappa shape index (κ1) is 19.0. The van der Waals surface area contributed by atoms with Crippen LogP contribution in [0.5, 0.6) is 11.5 Å². The van der Waals surface area contributed by atoms with Crippen LogP contribution in [0.3, 0.4) is 0 Å². The van der Waals surface area contributed by atoms with Crippen LogP contribution in [-0.2, 0) is 16.0 Å². The van der Waals surface area contributed by atoms with E-state index < -0.39 is 0 Å². The van der Waals surface area contributed by atoms with Crippen molar-refractivity contribution in [2.75, 3.05) is 18.6 Å². The number of hydrazone groups is 1. The highest BCUT2D eigenvalue weighted by molar-refractivity contribution is 7.13. The van der Waals surface area contributed by atoms with Gasteiger partial charge in [0.25, 0.3) is 0 Å². The maximum absolute atomic E-state index is 11.4. The molecule has 0 amide bonds. The van der Waals surface area contributed by atoms with Gasteiger partial charge in [0, 0.05) is 5.38 Å². The van der Waals surface area contributed by atoms with Gasteiger partial charge in [0.1, 0.15) is 0 Å². The van der Waals surface area contributed by atoms with Crippen LogP contribution in [0.2, 0.25) is 5.02 Å². The molecule has 0 aliphatic carbocycles. The van der Waals surface area contributed by atoms with Crippen molar-refractivity contribution in [3.05, 3.63) is 33.8 Å². The minimum atomic E-state index is -0.315. The second-order valence-corrected chi connectivity index (χ2v) is 6.04. The number of anilines is 1. The van der Waals surface area contributed by atoms with Crippen LogP contribution in [0, 0.1) is 0 Å². The number of halogens is 1. The van der Waals surface area contributed by atoms with Gasteiger partial charge in [0.15, 0.2) is 11.5 Å². The van der Waals surface area contributed by atoms with Crippen molar-refractivity contribution in [2.45, 2.75) is 20.3 Å². The molecule has 0 aliphatic heterocycles. The molecule has 0 saturated carbocycles. The fourth-order valence-electron chi connectivity index (χ4n) is 1.90. The van der Waals surface area contributed by atoms with Gasteiger partial charge in [-0.3, -0.25) is 10.2 Å². The van der Waals surface area contributed by atoms with Crippen LogP contribution in [0.25, 0.3) is 0 Å². The third kappa shape index (κ3) is 5.61. The molecule has 1 aromatic heterocycles. The lowest BCUT2D eigenvalue weighted by molar-refractivity contribution is -0.142. The largest absolute Gasteiger partial charge is 0.503 e. The van der Waals surface area contributed by atoms with Gasteiger partial charge in [-0.1, -0.05) is 11.6 Å². The zero-order valence-corrected chi connectivity index (χ0v) is 15.4. The first-order chi connectivity index (χ1) is 12.0. The third-order valence-electron chi connectivity index (χ3n) is 2.91. The van der Waals surface area contributed by atoms with Crippen LogP contribution in [0.4, 0.5) is 5.13 Å². The number of thiazole rings is 1. The first-order valence-corrected chi connectivity index (χ1v) is 8.83. The average molecular weight is 384 g/mol. The summed E-state index contributed by atoms with van der Waals surface area (Å²) >= 11 is 7.29. The highest BCUT2D eigenvalue weighted by atomic mass is 35.5. The molecule has 0 fully saturated rings. The summed E-state index contributed by atoms with van der Waals surface area (Å²) in [5.41, 5.74) is 4.06. The zero-order chi connectivity index (χ0) is 18.2. The molecule has 2 rings (SSSR count). The normalized spacial score (nSPS) is 10.8. The summed E-state index contributed by atoms with van der Waals surface area (Å²) in [7, 11) is 0. The Labute approximate surface area is 154 Å². The number of hydrogen-bond acceptors (Lipinski definition) is 8. The molecule has 0 atom stereocenters. The Bertz CT molecular complexity index is 764. The van der Waals surface area contributed by atoms with Crippen molar-refractivity contribution >= 4 is 40.3 Å². The van der Waals surface area contributed by atoms with Crippen molar-refractivity contribution in [3.63, 3.8) is 0 Å². The van der Waals surface area contributed by atoms with E-state index in [4.69, 9.17) is 21.1 Å². The number of carbonyl (C=O) groups is 1. The van der Waals surface area contributed by atoms with E-state index in [9.17, 15) is 9.90 Å².